The maximum atomic E-state index is 11.3. The predicted octanol–water partition coefficient (Wildman–Crippen LogP) is 2.52. The number of carbonyl (C=O) groups is 1. The van der Waals surface area contributed by atoms with Crippen molar-refractivity contribution in [3.05, 3.63) is 48.3 Å². The lowest BCUT2D eigenvalue weighted by Crippen LogP contribution is -2.17. The van der Waals surface area contributed by atoms with Crippen molar-refractivity contribution in [2.24, 2.45) is 5.73 Å². The van der Waals surface area contributed by atoms with Crippen LogP contribution in [0.4, 0.5) is 5.13 Å². The number of anilines is 1. The molecule has 1 amide bonds. The largest absolute Gasteiger partial charge is 0.366 e. The molecular weight excluding hydrogens is 312 g/mol. The Morgan fingerprint density at radius 2 is 2.30 bits per heavy atom. The van der Waals surface area contributed by atoms with E-state index in [9.17, 15) is 4.79 Å². The van der Waals surface area contributed by atoms with Gasteiger partial charge in [0, 0.05) is 35.1 Å². The van der Waals surface area contributed by atoms with Gasteiger partial charge in [0.05, 0.1) is 0 Å². The molecule has 3 rings (SSSR count). The molecule has 0 aliphatic rings. The average molecular weight is 328 g/mol. The van der Waals surface area contributed by atoms with Crippen molar-refractivity contribution in [1.29, 1.82) is 0 Å². The first kappa shape index (κ1) is 15.2. The van der Waals surface area contributed by atoms with E-state index in [0.717, 1.165) is 12.0 Å². The summed E-state index contributed by atoms with van der Waals surface area (Å²) in [5.74, 6) is 0.0982. The van der Waals surface area contributed by atoms with Crippen LogP contribution in [0.15, 0.2) is 42.7 Å². The number of aromatic nitrogens is 4. The van der Waals surface area contributed by atoms with Crippen molar-refractivity contribution in [3.63, 3.8) is 0 Å². The summed E-state index contributed by atoms with van der Waals surface area (Å²) in [6, 6.07) is 8.86. The molecule has 2 heterocycles. The number of nitrogens with one attached hydrogen (secondary N) is 1. The Balaban J connectivity index is 1.80. The quantitative estimate of drug-likeness (QED) is 0.724. The minimum Gasteiger partial charge on any atom is -0.366 e. The Labute approximate surface area is 137 Å². The van der Waals surface area contributed by atoms with Crippen LogP contribution in [0.2, 0.25) is 0 Å². The zero-order chi connectivity index (χ0) is 16.2. The highest BCUT2D eigenvalue weighted by molar-refractivity contribution is 7.09. The van der Waals surface area contributed by atoms with E-state index in [4.69, 9.17) is 5.73 Å². The van der Waals surface area contributed by atoms with E-state index >= 15 is 0 Å². The maximum Gasteiger partial charge on any atom is 0.248 e. The molecule has 0 spiro atoms. The van der Waals surface area contributed by atoms with E-state index < -0.39 is 5.91 Å². The number of benzene rings is 1. The standard InChI is InChI=1S/C15H16N6OS/c1-2-12(21-8-4-7-17-21)18-15-19-14(20-23-15)11-6-3-5-10(9-11)13(16)22/h3-9,12H,2H2,1H3,(H2,16,22)(H,18,19,20). The molecule has 0 saturated heterocycles. The number of hydrogen-bond donors (Lipinski definition) is 2. The molecule has 23 heavy (non-hydrogen) atoms. The van der Waals surface area contributed by atoms with Crippen LogP contribution in [-0.4, -0.2) is 25.0 Å². The summed E-state index contributed by atoms with van der Waals surface area (Å²) in [7, 11) is 0. The molecular formula is C15H16N6OS. The lowest BCUT2D eigenvalue weighted by molar-refractivity contribution is 0.100. The number of carbonyl (C=O) groups excluding carboxylic acids is 1. The van der Waals surface area contributed by atoms with Gasteiger partial charge in [0.25, 0.3) is 0 Å². The van der Waals surface area contributed by atoms with E-state index in [1.54, 1.807) is 24.4 Å². The molecule has 8 heteroatoms. The summed E-state index contributed by atoms with van der Waals surface area (Å²) >= 11 is 1.27. The van der Waals surface area contributed by atoms with Crippen LogP contribution < -0.4 is 11.1 Å². The zero-order valence-electron chi connectivity index (χ0n) is 12.5. The summed E-state index contributed by atoms with van der Waals surface area (Å²) in [6.45, 7) is 2.07. The molecule has 0 saturated carbocycles. The van der Waals surface area contributed by atoms with E-state index in [-0.39, 0.29) is 6.17 Å². The fraction of sp³-hybridized carbons (Fsp3) is 0.200. The van der Waals surface area contributed by atoms with Gasteiger partial charge in [0.15, 0.2) is 5.82 Å². The van der Waals surface area contributed by atoms with Crippen molar-refractivity contribution in [1.82, 2.24) is 19.1 Å². The molecule has 3 aromatic rings. The Hall–Kier alpha value is -2.74. The molecule has 0 aliphatic carbocycles. The summed E-state index contributed by atoms with van der Waals surface area (Å²) in [4.78, 5) is 15.7. The predicted molar refractivity (Wildman–Crippen MR) is 89.0 cm³/mol. The molecule has 1 unspecified atom stereocenters. The number of nitrogens with zero attached hydrogens (tertiary/aromatic N) is 4. The van der Waals surface area contributed by atoms with E-state index in [1.807, 2.05) is 23.0 Å². The molecule has 0 bridgehead atoms. The second kappa shape index (κ2) is 6.57. The molecule has 7 nitrogen and oxygen atoms in total. The molecule has 1 atom stereocenters. The van der Waals surface area contributed by atoms with Gasteiger partial charge < -0.3 is 11.1 Å². The maximum absolute atomic E-state index is 11.3. The number of rotatable bonds is 6. The Kier molecular flexibility index (Phi) is 4.33. The average Bonchev–Trinajstić information content (AvgIpc) is 3.24. The molecule has 0 fully saturated rings. The highest BCUT2D eigenvalue weighted by Crippen LogP contribution is 2.24. The second-order valence-corrected chi connectivity index (χ2v) is 5.67. The van der Waals surface area contributed by atoms with Crippen LogP contribution in [-0.2, 0) is 0 Å². The molecule has 1 aromatic carbocycles. The fourth-order valence-electron chi connectivity index (χ4n) is 2.17. The van der Waals surface area contributed by atoms with Crippen molar-refractivity contribution >= 4 is 22.6 Å². The van der Waals surface area contributed by atoms with Gasteiger partial charge in [-0.25, -0.2) is 0 Å². The first-order valence-electron chi connectivity index (χ1n) is 7.17. The third-order valence-electron chi connectivity index (χ3n) is 3.35. The molecule has 0 aliphatic heterocycles. The van der Waals surface area contributed by atoms with Gasteiger partial charge >= 0.3 is 0 Å². The van der Waals surface area contributed by atoms with E-state index in [2.05, 4.69) is 26.7 Å². The first-order valence-corrected chi connectivity index (χ1v) is 7.94. The lowest BCUT2D eigenvalue weighted by Gasteiger charge is -2.16. The third kappa shape index (κ3) is 3.37. The van der Waals surface area contributed by atoms with Crippen LogP contribution in [0.25, 0.3) is 11.4 Å². The highest BCUT2D eigenvalue weighted by Gasteiger charge is 2.13. The molecule has 2 aromatic heterocycles. The Morgan fingerprint density at radius 1 is 1.43 bits per heavy atom. The van der Waals surface area contributed by atoms with Crippen LogP contribution in [0.3, 0.4) is 0 Å². The van der Waals surface area contributed by atoms with Gasteiger partial charge in [-0.15, -0.1) is 0 Å². The van der Waals surface area contributed by atoms with Crippen molar-refractivity contribution < 1.29 is 4.79 Å². The molecule has 0 radical (unpaired) electrons. The fourth-order valence-corrected chi connectivity index (χ4v) is 2.81. The number of amides is 1. The summed E-state index contributed by atoms with van der Waals surface area (Å²) in [6.07, 6.45) is 4.51. The van der Waals surface area contributed by atoms with Gasteiger partial charge in [-0.05, 0) is 24.6 Å². The Bertz CT molecular complexity index is 798. The highest BCUT2D eigenvalue weighted by atomic mass is 32.1. The van der Waals surface area contributed by atoms with E-state index in [1.165, 1.54) is 11.5 Å². The minimum absolute atomic E-state index is 0.0164. The smallest absolute Gasteiger partial charge is 0.248 e. The number of nitrogens with two attached hydrogens (primary N) is 1. The third-order valence-corrected chi connectivity index (χ3v) is 4.00. The van der Waals surface area contributed by atoms with Crippen LogP contribution in [0.5, 0.6) is 0 Å². The van der Waals surface area contributed by atoms with Crippen LogP contribution >= 0.6 is 11.5 Å². The molecule has 118 valence electrons. The second-order valence-electron chi connectivity index (χ2n) is 4.92. The summed E-state index contributed by atoms with van der Waals surface area (Å²) < 4.78 is 6.18. The monoisotopic (exact) mass is 328 g/mol. The van der Waals surface area contributed by atoms with Crippen LogP contribution in [0.1, 0.15) is 29.9 Å². The van der Waals surface area contributed by atoms with Crippen molar-refractivity contribution in [2.45, 2.75) is 19.5 Å². The Morgan fingerprint density at radius 3 is 3.00 bits per heavy atom. The SMILES string of the molecule is CCC(Nc1nc(-c2cccc(C(N)=O)c2)ns1)n1cccn1. The van der Waals surface area contributed by atoms with Gasteiger partial charge in [-0.1, -0.05) is 19.1 Å². The normalized spacial score (nSPS) is 12.0. The molecule has 3 N–H and O–H groups in total. The summed E-state index contributed by atoms with van der Waals surface area (Å²) in [5, 5.41) is 8.25. The van der Waals surface area contributed by atoms with Crippen LogP contribution in [0, 0.1) is 0 Å². The summed E-state index contributed by atoms with van der Waals surface area (Å²) in [5.41, 5.74) is 6.51. The number of hydrogen-bond acceptors (Lipinski definition) is 6. The van der Waals surface area contributed by atoms with E-state index in [0.29, 0.717) is 16.5 Å². The first-order chi connectivity index (χ1) is 11.2. The lowest BCUT2D eigenvalue weighted by atomic mass is 10.1. The van der Waals surface area contributed by atoms with Gasteiger partial charge in [-0.3, -0.25) is 9.48 Å². The minimum atomic E-state index is -0.467. The van der Waals surface area contributed by atoms with Crippen molar-refractivity contribution in [3.8, 4) is 11.4 Å². The number of primary amides is 1. The zero-order valence-corrected chi connectivity index (χ0v) is 13.3. The van der Waals surface area contributed by atoms with Gasteiger partial charge in [-0.2, -0.15) is 14.5 Å². The topological polar surface area (TPSA) is 98.7 Å². The van der Waals surface area contributed by atoms with Gasteiger partial charge in [0.1, 0.15) is 6.17 Å². The van der Waals surface area contributed by atoms with Crippen molar-refractivity contribution in [2.75, 3.05) is 5.32 Å². The van der Waals surface area contributed by atoms with Gasteiger partial charge in [0.2, 0.25) is 11.0 Å².